The van der Waals surface area contributed by atoms with E-state index in [-0.39, 0.29) is 18.2 Å². The molecule has 1 aromatic carbocycles. The van der Waals surface area contributed by atoms with E-state index in [1.54, 1.807) is 54.3 Å². The lowest BCUT2D eigenvalue weighted by atomic mass is 10.3. The molecule has 0 fully saturated rings. The molecule has 0 unspecified atom stereocenters. The van der Waals surface area contributed by atoms with E-state index in [1.807, 2.05) is 0 Å². The zero-order valence-corrected chi connectivity index (χ0v) is 17.7. The van der Waals surface area contributed by atoms with Crippen molar-refractivity contribution in [3.05, 3.63) is 59.8 Å². The molecule has 162 valence electrons. The lowest BCUT2D eigenvalue weighted by Crippen LogP contribution is -2.31. The second-order valence-corrected chi connectivity index (χ2v) is 9.54. The molecular weight excluding hydrogens is 450 g/mol. The zero-order chi connectivity index (χ0) is 22.0. The van der Waals surface area contributed by atoms with Crippen molar-refractivity contribution in [1.82, 2.24) is 25.0 Å². The molecular formula is C18H16F2N6O3S2. The predicted molar refractivity (Wildman–Crippen MR) is 110 cm³/mol. The highest BCUT2D eigenvalue weighted by atomic mass is 32.2. The second kappa shape index (κ2) is 8.51. The van der Waals surface area contributed by atoms with Crippen LogP contribution in [0, 0.1) is 0 Å². The molecule has 4 aromatic rings. The molecule has 13 heteroatoms. The molecule has 0 aliphatic rings. The van der Waals surface area contributed by atoms with E-state index in [2.05, 4.69) is 20.3 Å². The third kappa shape index (κ3) is 4.46. The molecule has 0 amide bonds. The van der Waals surface area contributed by atoms with Crippen molar-refractivity contribution in [2.24, 2.45) is 0 Å². The first-order chi connectivity index (χ1) is 14.9. The Bertz CT molecular complexity index is 1250. The van der Waals surface area contributed by atoms with Crippen molar-refractivity contribution in [2.45, 2.75) is 19.9 Å². The van der Waals surface area contributed by atoms with E-state index in [4.69, 9.17) is 4.42 Å². The van der Waals surface area contributed by atoms with Crippen molar-refractivity contribution < 1.29 is 21.6 Å². The molecule has 9 nitrogen and oxygen atoms in total. The standard InChI is InChI=1S/C18H16F2N6O3S2/c1-2-31(27,28)26(13-6-4-12(5-7-13)25-9-3-8-22-25)11-15-21-10-14(30-15)17-23-24-18(29-17)16(19)20/h3-10,16H,2,11H2,1H3. The number of rotatable bonds is 8. The fraction of sp³-hybridized carbons (Fsp3) is 0.222. The number of hydrogen-bond donors (Lipinski definition) is 0. The first-order valence-corrected chi connectivity index (χ1v) is 11.5. The number of hydrogen-bond acceptors (Lipinski definition) is 8. The van der Waals surface area contributed by atoms with Gasteiger partial charge in [0, 0.05) is 12.4 Å². The summed E-state index contributed by atoms with van der Waals surface area (Å²) in [6.07, 6.45) is 1.95. The highest BCUT2D eigenvalue weighted by Crippen LogP contribution is 2.30. The smallest absolute Gasteiger partial charge is 0.314 e. The van der Waals surface area contributed by atoms with Gasteiger partial charge in [0.15, 0.2) is 0 Å². The van der Waals surface area contributed by atoms with Gasteiger partial charge in [-0.1, -0.05) is 0 Å². The molecule has 0 N–H and O–H groups in total. The Hall–Kier alpha value is -3.19. The largest absolute Gasteiger partial charge is 0.414 e. The summed E-state index contributed by atoms with van der Waals surface area (Å²) in [7, 11) is -3.61. The Morgan fingerprint density at radius 1 is 1.23 bits per heavy atom. The summed E-state index contributed by atoms with van der Waals surface area (Å²) in [5.74, 6) is -0.974. The van der Waals surface area contributed by atoms with Crippen molar-refractivity contribution >= 4 is 27.0 Å². The number of aromatic nitrogens is 5. The molecule has 3 heterocycles. The minimum Gasteiger partial charge on any atom is -0.414 e. The quantitative estimate of drug-likeness (QED) is 0.390. The summed E-state index contributed by atoms with van der Waals surface area (Å²) < 4.78 is 58.6. The summed E-state index contributed by atoms with van der Waals surface area (Å²) in [5, 5.41) is 11.5. The van der Waals surface area contributed by atoms with E-state index < -0.39 is 22.3 Å². The third-order valence-corrected chi connectivity index (χ3v) is 6.99. The normalized spacial score (nSPS) is 11.9. The summed E-state index contributed by atoms with van der Waals surface area (Å²) in [6, 6.07) is 8.68. The number of anilines is 1. The van der Waals surface area contributed by atoms with Crippen LogP contribution in [-0.4, -0.2) is 39.1 Å². The van der Waals surface area contributed by atoms with Gasteiger partial charge in [-0.15, -0.1) is 21.5 Å². The number of thiazole rings is 1. The number of sulfonamides is 1. The Morgan fingerprint density at radius 2 is 2.00 bits per heavy atom. The van der Waals surface area contributed by atoms with Gasteiger partial charge in [-0.05, 0) is 37.3 Å². The van der Waals surface area contributed by atoms with Crippen LogP contribution in [0.25, 0.3) is 16.5 Å². The zero-order valence-electron chi connectivity index (χ0n) is 16.1. The molecule has 0 saturated heterocycles. The fourth-order valence-corrected chi connectivity index (χ4v) is 4.71. The Balaban J connectivity index is 1.60. The molecule has 0 radical (unpaired) electrons. The number of halogens is 2. The van der Waals surface area contributed by atoms with Gasteiger partial charge in [0.1, 0.15) is 9.88 Å². The number of benzene rings is 1. The molecule has 0 bridgehead atoms. The maximum atomic E-state index is 12.7. The molecule has 3 aromatic heterocycles. The van der Waals surface area contributed by atoms with Gasteiger partial charge in [-0.3, -0.25) is 4.31 Å². The van der Waals surface area contributed by atoms with E-state index >= 15 is 0 Å². The van der Waals surface area contributed by atoms with Crippen LogP contribution >= 0.6 is 11.3 Å². The SMILES string of the molecule is CCS(=O)(=O)N(Cc1ncc(-c2nnc(C(F)F)o2)s1)c1ccc(-n2cccn2)cc1. The topological polar surface area (TPSA) is 107 Å². The highest BCUT2D eigenvalue weighted by molar-refractivity contribution is 7.92. The molecule has 0 saturated carbocycles. The lowest BCUT2D eigenvalue weighted by Gasteiger charge is -2.23. The highest BCUT2D eigenvalue weighted by Gasteiger charge is 2.24. The van der Waals surface area contributed by atoms with E-state index in [0.29, 0.717) is 15.6 Å². The maximum absolute atomic E-state index is 12.7. The van der Waals surface area contributed by atoms with E-state index in [0.717, 1.165) is 17.0 Å². The monoisotopic (exact) mass is 466 g/mol. The summed E-state index contributed by atoms with van der Waals surface area (Å²) in [5.41, 5.74) is 1.25. The Labute approximate surface area is 180 Å². The van der Waals surface area contributed by atoms with Crippen LogP contribution in [0.4, 0.5) is 14.5 Å². The second-order valence-electron chi connectivity index (χ2n) is 6.24. The van der Waals surface area contributed by atoms with Gasteiger partial charge >= 0.3 is 6.43 Å². The van der Waals surface area contributed by atoms with Crippen LogP contribution in [0.15, 0.2) is 53.3 Å². The van der Waals surface area contributed by atoms with Crippen LogP contribution in [0.1, 0.15) is 24.2 Å². The van der Waals surface area contributed by atoms with Crippen LogP contribution < -0.4 is 4.31 Å². The number of alkyl halides is 2. The van der Waals surface area contributed by atoms with Crippen molar-refractivity contribution in [3.63, 3.8) is 0 Å². The Morgan fingerprint density at radius 3 is 2.61 bits per heavy atom. The van der Waals surface area contributed by atoms with E-state index in [1.165, 1.54) is 10.5 Å². The summed E-state index contributed by atoms with van der Waals surface area (Å²) in [6.45, 7) is 1.52. The van der Waals surface area contributed by atoms with Crippen LogP contribution in [-0.2, 0) is 16.6 Å². The molecule has 0 spiro atoms. The van der Waals surface area contributed by atoms with Gasteiger partial charge in [-0.25, -0.2) is 18.1 Å². The Kier molecular flexibility index (Phi) is 5.78. The van der Waals surface area contributed by atoms with Gasteiger partial charge < -0.3 is 4.42 Å². The van der Waals surface area contributed by atoms with E-state index in [9.17, 15) is 17.2 Å². The van der Waals surface area contributed by atoms with Gasteiger partial charge in [0.25, 0.3) is 11.8 Å². The minimum atomic E-state index is -3.61. The first-order valence-electron chi connectivity index (χ1n) is 9.04. The summed E-state index contributed by atoms with van der Waals surface area (Å²) >= 11 is 1.09. The average molecular weight is 466 g/mol. The van der Waals surface area contributed by atoms with Crippen LogP contribution in [0.2, 0.25) is 0 Å². The van der Waals surface area contributed by atoms with Crippen LogP contribution in [0.3, 0.4) is 0 Å². The maximum Gasteiger partial charge on any atom is 0.314 e. The minimum absolute atomic E-state index is 0.0300. The third-order valence-electron chi connectivity index (χ3n) is 4.28. The lowest BCUT2D eigenvalue weighted by molar-refractivity contribution is 0.116. The molecule has 0 aliphatic heterocycles. The van der Waals surface area contributed by atoms with Crippen molar-refractivity contribution in [3.8, 4) is 16.5 Å². The number of nitrogens with zero attached hydrogens (tertiary/aromatic N) is 6. The predicted octanol–water partition coefficient (Wildman–Crippen LogP) is 3.67. The van der Waals surface area contributed by atoms with Gasteiger partial charge in [-0.2, -0.15) is 13.9 Å². The molecule has 31 heavy (non-hydrogen) atoms. The fourth-order valence-electron chi connectivity index (χ4n) is 2.73. The molecule has 0 aliphatic carbocycles. The van der Waals surface area contributed by atoms with Gasteiger partial charge in [0.05, 0.1) is 29.9 Å². The van der Waals surface area contributed by atoms with Crippen molar-refractivity contribution in [2.75, 3.05) is 10.1 Å². The van der Waals surface area contributed by atoms with Crippen molar-refractivity contribution in [1.29, 1.82) is 0 Å². The first kappa shape index (κ1) is 21.1. The average Bonchev–Trinajstić information content (AvgIpc) is 3.53. The summed E-state index contributed by atoms with van der Waals surface area (Å²) in [4.78, 5) is 4.57. The van der Waals surface area contributed by atoms with Crippen LogP contribution in [0.5, 0.6) is 0 Å². The molecule has 4 rings (SSSR count). The molecule has 0 atom stereocenters. The van der Waals surface area contributed by atoms with Gasteiger partial charge in [0.2, 0.25) is 10.0 Å².